The minimum Gasteiger partial charge on any atom is -0.476 e. The Bertz CT molecular complexity index is 514. The van der Waals surface area contributed by atoms with E-state index in [1.54, 1.807) is 6.20 Å². The first-order valence-electron chi connectivity index (χ1n) is 7.30. The summed E-state index contributed by atoms with van der Waals surface area (Å²) >= 11 is 0. The second kappa shape index (κ2) is 8.32. The van der Waals surface area contributed by atoms with E-state index in [0.717, 1.165) is 30.9 Å². The Hall–Kier alpha value is -2.01. The normalized spacial score (nSPS) is 10.8. The molecule has 0 aliphatic heterocycles. The lowest BCUT2D eigenvalue weighted by Gasteiger charge is -2.07. The molecule has 5 heteroatoms. The largest absolute Gasteiger partial charge is 0.476 e. The Labute approximate surface area is 125 Å². The van der Waals surface area contributed by atoms with Gasteiger partial charge in [-0.2, -0.15) is 5.10 Å². The number of hydrogen-bond acceptors (Lipinski definition) is 5. The van der Waals surface area contributed by atoms with Crippen LogP contribution in [0.2, 0.25) is 0 Å². The molecule has 0 unspecified atom stereocenters. The molecule has 0 amide bonds. The summed E-state index contributed by atoms with van der Waals surface area (Å²) in [5.41, 5.74) is 1.94. The Morgan fingerprint density at radius 2 is 2.00 bits per heavy atom. The van der Waals surface area contributed by atoms with Gasteiger partial charge in [0.05, 0.1) is 12.3 Å². The van der Waals surface area contributed by atoms with E-state index in [0.29, 0.717) is 18.4 Å². The minimum atomic E-state index is 0.552. The minimum absolute atomic E-state index is 0.552. The monoisotopic (exact) mass is 286 g/mol. The number of ether oxygens (including phenoxy) is 1. The molecule has 0 bridgehead atoms. The van der Waals surface area contributed by atoms with E-state index in [1.807, 2.05) is 30.3 Å². The average molecular weight is 286 g/mol. The van der Waals surface area contributed by atoms with Crippen molar-refractivity contribution in [3.8, 4) is 5.88 Å². The fraction of sp³-hybridized carbons (Fsp3) is 0.438. The lowest BCUT2D eigenvalue weighted by molar-refractivity contribution is 0.304. The molecule has 0 fully saturated rings. The molecule has 2 aromatic rings. The summed E-state index contributed by atoms with van der Waals surface area (Å²) in [7, 11) is 0. The maximum atomic E-state index is 5.57. The number of pyridine rings is 1. The molecular weight excluding hydrogens is 264 g/mol. The van der Waals surface area contributed by atoms with Crippen LogP contribution in [0.5, 0.6) is 5.88 Å². The third kappa shape index (κ3) is 5.87. The van der Waals surface area contributed by atoms with E-state index < -0.39 is 0 Å². The fourth-order valence-electron chi connectivity index (χ4n) is 1.81. The molecule has 112 valence electrons. The average Bonchev–Trinajstić information content (AvgIpc) is 2.50. The summed E-state index contributed by atoms with van der Waals surface area (Å²) in [6, 6.07) is 9.66. The third-order valence-corrected chi connectivity index (χ3v) is 2.89. The molecule has 21 heavy (non-hydrogen) atoms. The van der Waals surface area contributed by atoms with Gasteiger partial charge in [-0.3, -0.25) is 4.98 Å². The Morgan fingerprint density at radius 3 is 2.67 bits per heavy atom. The molecule has 2 heterocycles. The Kier molecular flexibility index (Phi) is 6.09. The maximum absolute atomic E-state index is 5.57. The topological polar surface area (TPSA) is 59.9 Å². The summed E-state index contributed by atoms with van der Waals surface area (Å²) in [4.78, 5) is 4.25. The third-order valence-electron chi connectivity index (χ3n) is 2.89. The van der Waals surface area contributed by atoms with Crippen LogP contribution < -0.4 is 10.1 Å². The van der Waals surface area contributed by atoms with Crippen molar-refractivity contribution in [1.29, 1.82) is 0 Å². The molecule has 0 saturated heterocycles. The van der Waals surface area contributed by atoms with Crippen LogP contribution in [0, 0.1) is 5.92 Å². The molecular formula is C16H22N4O. The zero-order chi connectivity index (χ0) is 14.9. The van der Waals surface area contributed by atoms with E-state index >= 15 is 0 Å². The molecule has 0 radical (unpaired) electrons. The fourth-order valence-corrected chi connectivity index (χ4v) is 1.81. The summed E-state index contributed by atoms with van der Waals surface area (Å²) in [6.07, 6.45) is 2.55. The van der Waals surface area contributed by atoms with Crippen molar-refractivity contribution in [3.05, 3.63) is 47.9 Å². The first-order valence-corrected chi connectivity index (χ1v) is 7.30. The second-order valence-corrected chi connectivity index (χ2v) is 5.31. The molecule has 0 aliphatic carbocycles. The van der Waals surface area contributed by atoms with Gasteiger partial charge in [-0.15, -0.1) is 5.10 Å². The molecule has 2 aromatic heterocycles. The van der Waals surface area contributed by atoms with Gasteiger partial charge in [-0.25, -0.2) is 0 Å². The van der Waals surface area contributed by atoms with Crippen molar-refractivity contribution >= 4 is 0 Å². The van der Waals surface area contributed by atoms with Crippen molar-refractivity contribution in [1.82, 2.24) is 20.5 Å². The highest BCUT2D eigenvalue weighted by atomic mass is 16.5. The summed E-state index contributed by atoms with van der Waals surface area (Å²) in [5.74, 6) is 1.19. The van der Waals surface area contributed by atoms with Crippen LogP contribution in [0.25, 0.3) is 0 Å². The zero-order valence-electron chi connectivity index (χ0n) is 12.6. The van der Waals surface area contributed by atoms with Crippen molar-refractivity contribution in [2.75, 3.05) is 13.2 Å². The molecule has 5 nitrogen and oxygen atoms in total. The molecule has 0 saturated carbocycles. The summed E-state index contributed by atoms with van der Waals surface area (Å²) < 4.78 is 5.57. The molecule has 0 atom stereocenters. The highest BCUT2D eigenvalue weighted by Gasteiger charge is 2.00. The number of nitrogens with zero attached hydrogens (tertiary/aromatic N) is 3. The number of rotatable bonds is 8. The van der Waals surface area contributed by atoms with Crippen molar-refractivity contribution < 1.29 is 4.74 Å². The SMILES string of the molecule is CC(C)CNCc1ccc(OCCc2ccccn2)nn1. The van der Waals surface area contributed by atoms with E-state index in [4.69, 9.17) is 4.74 Å². The van der Waals surface area contributed by atoms with Crippen LogP contribution in [-0.2, 0) is 13.0 Å². The van der Waals surface area contributed by atoms with Crippen LogP contribution in [0.1, 0.15) is 25.2 Å². The van der Waals surface area contributed by atoms with Gasteiger partial charge in [0, 0.05) is 30.9 Å². The first-order chi connectivity index (χ1) is 10.2. The van der Waals surface area contributed by atoms with E-state index in [2.05, 4.69) is 34.3 Å². The van der Waals surface area contributed by atoms with Gasteiger partial charge in [0.25, 0.3) is 0 Å². The van der Waals surface area contributed by atoms with Gasteiger partial charge in [0.2, 0.25) is 5.88 Å². The van der Waals surface area contributed by atoms with Crippen molar-refractivity contribution in [3.63, 3.8) is 0 Å². The first kappa shape index (κ1) is 15.4. The predicted octanol–water partition coefficient (Wildman–Crippen LogP) is 2.24. The molecule has 1 N–H and O–H groups in total. The quantitative estimate of drug-likeness (QED) is 0.806. The van der Waals surface area contributed by atoms with Gasteiger partial charge >= 0.3 is 0 Å². The van der Waals surface area contributed by atoms with Gasteiger partial charge < -0.3 is 10.1 Å². The number of nitrogens with one attached hydrogen (secondary N) is 1. The van der Waals surface area contributed by atoms with Gasteiger partial charge in [0.15, 0.2) is 0 Å². The maximum Gasteiger partial charge on any atom is 0.233 e. The zero-order valence-corrected chi connectivity index (χ0v) is 12.6. The van der Waals surface area contributed by atoms with Crippen LogP contribution >= 0.6 is 0 Å². The van der Waals surface area contributed by atoms with Gasteiger partial charge in [0.1, 0.15) is 0 Å². The highest BCUT2D eigenvalue weighted by Crippen LogP contribution is 2.06. The standard InChI is InChI=1S/C16H22N4O/c1-13(2)11-17-12-15-6-7-16(20-19-15)21-10-8-14-5-3-4-9-18-14/h3-7,9,13,17H,8,10-12H2,1-2H3. The van der Waals surface area contributed by atoms with E-state index in [-0.39, 0.29) is 0 Å². The summed E-state index contributed by atoms with van der Waals surface area (Å²) in [5, 5.41) is 11.6. The van der Waals surface area contributed by atoms with Gasteiger partial charge in [-0.1, -0.05) is 19.9 Å². The Balaban J connectivity index is 1.72. The van der Waals surface area contributed by atoms with Gasteiger partial charge in [-0.05, 0) is 30.7 Å². The molecule has 0 spiro atoms. The lowest BCUT2D eigenvalue weighted by Crippen LogP contribution is -2.19. The molecule has 2 rings (SSSR count). The van der Waals surface area contributed by atoms with Crippen LogP contribution in [0.4, 0.5) is 0 Å². The van der Waals surface area contributed by atoms with Crippen LogP contribution in [0.3, 0.4) is 0 Å². The number of hydrogen-bond donors (Lipinski definition) is 1. The van der Waals surface area contributed by atoms with E-state index in [9.17, 15) is 0 Å². The summed E-state index contributed by atoms with van der Waals surface area (Å²) in [6.45, 7) is 6.62. The highest BCUT2D eigenvalue weighted by molar-refractivity contribution is 5.11. The Morgan fingerprint density at radius 1 is 1.10 bits per heavy atom. The lowest BCUT2D eigenvalue weighted by atomic mass is 10.2. The number of aromatic nitrogens is 3. The predicted molar refractivity (Wildman–Crippen MR) is 82.0 cm³/mol. The smallest absolute Gasteiger partial charge is 0.233 e. The van der Waals surface area contributed by atoms with Crippen LogP contribution in [0.15, 0.2) is 36.5 Å². The molecule has 0 aliphatic rings. The van der Waals surface area contributed by atoms with Crippen molar-refractivity contribution in [2.24, 2.45) is 5.92 Å². The van der Waals surface area contributed by atoms with E-state index in [1.165, 1.54) is 0 Å². The van der Waals surface area contributed by atoms with Crippen molar-refractivity contribution in [2.45, 2.75) is 26.8 Å². The van der Waals surface area contributed by atoms with Crippen LogP contribution in [-0.4, -0.2) is 28.3 Å². The second-order valence-electron chi connectivity index (χ2n) is 5.31. The molecule has 0 aromatic carbocycles.